The molecular formula is C17H25ClN4O2. The molecule has 1 aliphatic rings. The fourth-order valence-electron chi connectivity index (χ4n) is 2.59. The van der Waals surface area contributed by atoms with Crippen LogP contribution in [0.15, 0.2) is 36.9 Å². The smallest absolute Gasteiger partial charge is 0.234 e. The minimum Gasteiger partial charge on any atom is -0.399 e. The summed E-state index contributed by atoms with van der Waals surface area (Å²) < 4.78 is 0. The van der Waals surface area contributed by atoms with E-state index >= 15 is 0 Å². The number of nitrogens with one attached hydrogen (secondary N) is 1. The van der Waals surface area contributed by atoms with Crippen molar-refractivity contribution in [2.45, 2.75) is 6.42 Å². The molecule has 24 heavy (non-hydrogen) atoms. The molecule has 132 valence electrons. The minimum atomic E-state index is -0.00978. The maximum absolute atomic E-state index is 12.3. The Morgan fingerprint density at radius 3 is 2.58 bits per heavy atom. The van der Waals surface area contributed by atoms with Crippen LogP contribution < -0.4 is 11.1 Å². The third-order valence-electron chi connectivity index (χ3n) is 3.84. The van der Waals surface area contributed by atoms with Crippen LogP contribution >= 0.6 is 12.4 Å². The van der Waals surface area contributed by atoms with Crippen LogP contribution in [0.3, 0.4) is 0 Å². The van der Waals surface area contributed by atoms with Crippen LogP contribution in [-0.2, 0) is 16.0 Å². The largest absolute Gasteiger partial charge is 0.399 e. The molecule has 0 saturated carbocycles. The van der Waals surface area contributed by atoms with Crippen LogP contribution in [-0.4, -0.2) is 60.9 Å². The van der Waals surface area contributed by atoms with Gasteiger partial charge in [-0.15, -0.1) is 19.0 Å². The van der Waals surface area contributed by atoms with Crippen molar-refractivity contribution >= 4 is 29.9 Å². The fraction of sp³-hybridized carbons (Fsp3) is 0.412. The van der Waals surface area contributed by atoms with Gasteiger partial charge in [0.1, 0.15) is 0 Å². The van der Waals surface area contributed by atoms with Crippen molar-refractivity contribution in [1.29, 1.82) is 0 Å². The Hall–Kier alpha value is -2.05. The van der Waals surface area contributed by atoms with Gasteiger partial charge >= 0.3 is 0 Å². The van der Waals surface area contributed by atoms with Gasteiger partial charge in [-0.25, -0.2) is 0 Å². The lowest BCUT2D eigenvalue weighted by Gasteiger charge is -2.34. The van der Waals surface area contributed by atoms with E-state index in [-0.39, 0.29) is 24.2 Å². The Labute approximate surface area is 149 Å². The first kappa shape index (κ1) is 20.0. The van der Waals surface area contributed by atoms with Gasteiger partial charge in [-0.2, -0.15) is 0 Å². The van der Waals surface area contributed by atoms with Crippen molar-refractivity contribution in [3.05, 3.63) is 42.5 Å². The zero-order chi connectivity index (χ0) is 16.7. The van der Waals surface area contributed by atoms with Gasteiger partial charge in [0.15, 0.2) is 0 Å². The first-order valence-electron chi connectivity index (χ1n) is 7.80. The standard InChI is InChI=1S/C17H24N4O2.ClH/c1-2-6-19-16(22)13-20-7-9-21(10-8-20)17(23)12-14-4-3-5-15(18)11-14;/h2-5,11H,1,6-10,12-13,18H2,(H,19,22);1H. The highest BCUT2D eigenvalue weighted by atomic mass is 35.5. The number of rotatable bonds is 6. The van der Waals surface area contributed by atoms with E-state index in [2.05, 4.69) is 16.8 Å². The molecule has 0 unspecified atom stereocenters. The summed E-state index contributed by atoms with van der Waals surface area (Å²) in [4.78, 5) is 27.9. The summed E-state index contributed by atoms with van der Waals surface area (Å²) in [6.45, 7) is 7.14. The van der Waals surface area contributed by atoms with Gasteiger partial charge in [0.05, 0.1) is 13.0 Å². The highest BCUT2D eigenvalue weighted by Crippen LogP contribution is 2.10. The zero-order valence-electron chi connectivity index (χ0n) is 13.7. The maximum Gasteiger partial charge on any atom is 0.234 e. The number of benzene rings is 1. The molecular weight excluding hydrogens is 328 g/mol. The quantitative estimate of drug-likeness (QED) is 0.583. The molecule has 0 aliphatic carbocycles. The summed E-state index contributed by atoms with van der Waals surface area (Å²) >= 11 is 0. The summed E-state index contributed by atoms with van der Waals surface area (Å²) in [5.74, 6) is 0.0933. The van der Waals surface area contributed by atoms with E-state index < -0.39 is 0 Å². The molecule has 0 bridgehead atoms. The molecule has 7 heteroatoms. The lowest BCUT2D eigenvalue weighted by Crippen LogP contribution is -2.51. The van der Waals surface area contributed by atoms with Gasteiger partial charge in [0.2, 0.25) is 11.8 Å². The van der Waals surface area contributed by atoms with E-state index in [4.69, 9.17) is 5.73 Å². The van der Waals surface area contributed by atoms with E-state index in [1.54, 1.807) is 6.08 Å². The molecule has 1 aliphatic heterocycles. The molecule has 1 aromatic rings. The third-order valence-corrected chi connectivity index (χ3v) is 3.84. The van der Waals surface area contributed by atoms with E-state index in [0.717, 1.165) is 5.56 Å². The Balaban J connectivity index is 0.00000288. The predicted octanol–water partition coefficient (Wildman–Crippen LogP) is 0.680. The lowest BCUT2D eigenvalue weighted by molar-refractivity contribution is -0.132. The van der Waals surface area contributed by atoms with Gasteiger partial charge in [0.25, 0.3) is 0 Å². The second-order valence-electron chi connectivity index (χ2n) is 5.67. The molecule has 0 atom stereocenters. The van der Waals surface area contributed by atoms with Crippen molar-refractivity contribution in [2.75, 3.05) is 45.0 Å². The molecule has 0 aromatic heterocycles. The second kappa shape index (κ2) is 9.95. The number of nitrogen functional groups attached to an aromatic ring is 1. The van der Waals surface area contributed by atoms with Gasteiger partial charge < -0.3 is 16.0 Å². The van der Waals surface area contributed by atoms with Gasteiger partial charge in [0, 0.05) is 38.4 Å². The molecule has 1 heterocycles. The third kappa shape index (κ3) is 6.22. The van der Waals surface area contributed by atoms with Crippen molar-refractivity contribution in [2.24, 2.45) is 0 Å². The van der Waals surface area contributed by atoms with Crippen LogP contribution in [0.2, 0.25) is 0 Å². The number of piperazine rings is 1. The molecule has 1 saturated heterocycles. The number of amides is 2. The van der Waals surface area contributed by atoms with Crippen LogP contribution in [0.5, 0.6) is 0 Å². The van der Waals surface area contributed by atoms with Gasteiger partial charge in [-0.1, -0.05) is 18.2 Å². The van der Waals surface area contributed by atoms with Crippen molar-refractivity contribution in [3.8, 4) is 0 Å². The number of nitrogens with zero attached hydrogens (tertiary/aromatic N) is 2. The number of nitrogens with two attached hydrogens (primary N) is 1. The molecule has 0 radical (unpaired) electrons. The number of hydrogen-bond acceptors (Lipinski definition) is 4. The normalized spacial score (nSPS) is 14.6. The first-order chi connectivity index (χ1) is 11.1. The topological polar surface area (TPSA) is 78.7 Å². The van der Waals surface area contributed by atoms with Crippen LogP contribution in [0.4, 0.5) is 5.69 Å². The van der Waals surface area contributed by atoms with Crippen molar-refractivity contribution < 1.29 is 9.59 Å². The van der Waals surface area contributed by atoms with E-state index in [1.165, 1.54) is 0 Å². The Morgan fingerprint density at radius 2 is 1.96 bits per heavy atom. The number of carbonyl (C=O) groups excluding carboxylic acids is 2. The van der Waals surface area contributed by atoms with Crippen LogP contribution in [0.25, 0.3) is 0 Å². The highest BCUT2D eigenvalue weighted by Gasteiger charge is 2.22. The Morgan fingerprint density at radius 1 is 1.25 bits per heavy atom. The highest BCUT2D eigenvalue weighted by molar-refractivity contribution is 5.85. The maximum atomic E-state index is 12.3. The Kier molecular flexibility index (Phi) is 8.29. The number of halogens is 1. The van der Waals surface area contributed by atoms with E-state index in [1.807, 2.05) is 29.2 Å². The fourth-order valence-corrected chi connectivity index (χ4v) is 2.59. The first-order valence-corrected chi connectivity index (χ1v) is 7.80. The summed E-state index contributed by atoms with van der Waals surface area (Å²) in [6.07, 6.45) is 2.02. The molecule has 2 rings (SSSR count). The summed E-state index contributed by atoms with van der Waals surface area (Å²) in [5.41, 5.74) is 7.34. The molecule has 3 N–H and O–H groups in total. The van der Waals surface area contributed by atoms with E-state index in [9.17, 15) is 9.59 Å². The molecule has 0 spiro atoms. The predicted molar refractivity (Wildman–Crippen MR) is 98.0 cm³/mol. The Bertz CT molecular complexity index is 571. The molecule has 1 aromatic carbocycles. The average Bonchev–Trinajstić information content (AvgIpc) is 2.53. The lowest BCUT2D eigenvalue weighted by atomic mass is 10.1. The van der Waals surface area contributed by atoms with E-state index in [0.29, 0.717) is 51.4 Å². The summed E-state index contributed by atoms with van der Waals surface area (Å²) in [6, 6.07) is 7.41. The van der Waals surface area contributed by atoms with Gasteiger partial charge in [-0.05, 0) is 17.7 Å². The number of hydrogen-bond donors (Lipinski definition) is 2. The van der Waals surface area contributed by atoms with Gasteiger partial charge in [-0.3, -0.25) is 14.5 Å². The molecule has 1 fully saturated rings. The zero-order valence-corrected chi connectivity index (χ0v) is 14.6. The molecule has 2 amide bonds. The SMILES string of the molecule is C=CCNC(=O)CN1CCN(C(=O)Cc2cccc(N)c2)CC1.Cl. The van der Waals surface area contributed by atoms with Crippen molar-refractivity contribution in [1.82, 2.24) is 15.1 Å². The summed E-state index contributed by atoms with van der Waals surface area (Å²) in [5, 5.41) is 2.76. The molecule has 6 nitrogen and oxygen atoms in total. The average molecular weight is 353 g/mol. The van der Waals surface area contributed by atoms with Crippen molar-refractivity contribution in [3.63, 3.8) is 0 Å². The van der Waals surface area contributed by atoms with Crippen LogP contribution in [0, 0.1) is 0 Å². The van der Waals surface area contributed by atoms with Crippen LogP contribution in [0.1, 0.15) is 5.56 Å². The second-order valence-corrected chi connectivity index (χ2v) is 5.67. The number of carbonyl (C=O) groups is 2. The number of anilines is 1. The summed E-state index contributed by atoms with van der Waals surface area (Å²) in [7, 11) is 0. The monoisotopic (exact) mass is 352 g/mol. The minimum absolute atomic E-state index is 0.